The molecule has 2 N–H and O–H groups in total. The van der Waals surface area contributed by atoms with Crippen LogP contribution in [0.15, 0.2) is 0 Å². The van der Waals surface area contributed by atoms with Crippen LogP contribution >= 0.6 is 0 Å². The molecule has 0 fully saturated rings. The number of hydrogen-bond donors (Lipinski definition) is 2. The first kappa shape index (κ1) is 14.4. The second kappa shape index (κ2) is 6.05. The molecule has 0 unspecified atom stereocenters. The van der Waals surface area contributed by atoms with E-state index in [-0.39, 0.29) is 0 Å². The van der Waals surface area contributed by atoms with Crippen molar-refractivity contribution in [3.05, 3.63) is 0 Å². The fourth-order valence-corrected chi connectivity index (χ4v) is 1.52. The minimum absolute atomic E-state index is 0.548. The Morgan fingerprint density at radius 1 is 0.938 bits per heavy atom. The van der Waals surface area contributed by atoms with E-state index in [1.165, 1.54) is 0 Å². The number of carboxylic acids is 2. The molecule has 0 radical (unpaired) electrons. The smallest absolute Gasteiger partial charge is 0.322 e. The number of aliphatic carboxylic acids is 2. The monoisotopic (exact) mass is 254 g/mol. The third-order valence-electron chi connectivity index (χ3n) is 1.33. The van der Waals surface area contributed by atoms with Crippen molar-refractivity contribution in [2.45, 2.75) is 19.3 Å². The fraction of sp³-hybridized carbons (Fsp3) is 0.571. The summed E-state index contributed by atoms with van der Waals surface area (Å²) < 4.78 is 25.8. The summed E-state index contributed by atoms with van der Waals surface area (Å²) in [7, 11) is -4.25. The highest BCUT2D eigenvalue weighted by Crippen LogP contribution is 2.01. The predicted octanol–water partition coefficient (Wildman–Crippen LogP) is -0.801. The van der Waals surface area contributed by atoms with E-state index in [0.717, 1.165) is 0 Å². The van der Waals surface area contributed by atoms with Gasteiger partial charge >= 0.3 is 28.0 Å². The summed E-state index contributed by atoms with van der Waals surface area (Å²) in [5.41, 5.74) is 0. The lowest BCUT2D eigenvalue weighted by Crippen LogP contribution is -2.18. The Morgan fingerprint density at radius 2 is 1.44 bits per heavy atom. The van der Waals surface area contributed by atoms with E-state index in [1.807, 2.05) is 0 Å². The summed E-state index contributed by atoms with van der Waals surface area (Å²) in [4.78, 5) is 30.9. The van der Waals surface area contributed by atoms with Crippen molar-refractivity contribution in [1.82, 2.24) is 0 Å². The van der Waals surface area contributed by atoms with Gasteiger partial charge in [-0.1, -0.05) is 0 Å². The van der Waals surface area contributed by atoms with E-state index in [9.17, 15) is 22.8 Å². The molecule has 0 aromatic rings. The number of rotatable bonds is 7. The highest BCUT2D eigenvalue weighted by atomic mass is 32.2. The second-order valence-corrected chi connectivity index (χ2v) is 4.44. The standard InChI is InChI=1S/C7H10O8S/c8-5(9)1-2-7(12)15-16(13,14)4-3-6(10)11/h1-4H2,(H,8,9)(H,10,11). The van der Waals surface area contributed by atoms with E-state index < -0.39 is 53.0 Å². The summed E-state index contributed by atoms with van der Waals surface area (Å²) in [6.07, 6.45) is -1.82. The van der Waals surface area contributed by atoms with Gasteiger partial charge < -0.3 is 14.4 Å². The maximum absolute atomic E-state index is 10.9. The number of carbonyl (C=O) groups is 3. The van der Waals surface area contributed by atoms with Crippen molar-refractivity contribution < 1.29 is 37.2 Å². The Morgan fingerprint density at radius 3 is 1.88 bits per heavy atom. The average Bonchev–Trinajstić information content (AvgIpc) is 2.11. The van der Waals surface area contributed by atoms with Gasteiger partial charge in [0.05, 0.1) is 25.0 Å². The SMILES string of the molecule is O=C(O)CCC(=O)OS(=O)(=O)CCC(=O)O. The molecular formula is C7H10O8S. The van der Waals surface area contributed by atoms with Crippen LogP contribution in [0, 0.1) is 0 Å². The van der Waals surface area contributed by atoms with Gasteiger partial charge in [0.15, 0.2) is 0 Å². The Bertz CT molecular complexity index is 381. The van der Waals surface area contributed by atoms with Gasteiger partial charge in [-0.2, -0.15) is 8.42 Å². The average molecular weight is 254 g/mol. The highest BCUT2D eigenvalue weighted by Gasteiger charge is 2.19. The van der Waals surface area contributed by atoms with Crippen LogP contribution in [0.5, 0.6) is 0 Å². The Balaban J connectivity index is 4.10. The largest absolute Gasteiger partial charge is 0.481 e. The molecule has 0 saturated carbocycles. The van der Waals surface area contributed by atoms with Crippen LogP contribution in [0.25, 0.3) is 0 Å². The van der Waals surface area contributed by atoms with Crippen LogP contribution in [-0.4, -0.2) is 42.3 Å². The first-order valence-corrected chi connectivity index (χ1v) is 5.69. The minimum Gasteiger partial charge on any atom is -0.481 e. The molecule has 0 amide bonds. The molecule has 0 aromatic carbocycles. The molecule has 0 rings (SSSR count). The van der Waals surface area contributed by atoms with Crippen LogP contribution in [0.3, 0.4) is 0 Å². The molecule has 0 bridgehead atoms. The number of carbonyl (C=O) groups excluding carboxylic acids is 1. The van der Waals surface area contributed by atoms with Crippen molar-refractivity contribution in [3.63, 3.8) is 0 Å². The van der Waals surface area contributed by atoms with E-state index in [1.54, 1.807) is 0 Å². The number of hydrogen-bond acceptors (Lipinski definition) is 6. The highest BCUT2D eigenvalue weighted by molar-refractivity contribution is 7.87. The Labute approximate surface area is 90.9 Å². The Kier molecular flexibility index (Phi) is 5.43. The van der Waals surface area contributed by atoms with Gasteiger partial charge in [-0.3, -0.25) is 14.4 Å². The fourth-order valence-electron chi connectivity index (χ4n) is 0.646. The summed E-state index contributed by atoms with van der Waals surface area (Å²) >= 11 is 0. The molecule has 0 aromatic heterocycles. The van der Waals surface area contributed by atoms with Gasteiger partial charge in [-0.25, -0.2) is 0 Å². The van der Waals surface area contributed by atoms with Gasteiger partial charge in [0, 0.05) is 0 Å². The molecule has 8 nitrogen and oxygen atoms in total. The lowest BCUT2D eigenvalue weighted by Gasteiger charge is -2.03. The van der Waals surface area contributed by atoms with E-state index in [4.69, 9.17) is 10.2 Å². The molecule has 0 atom stereocenters. The topological polar surface area (TPSA) is 135 Å². The molecule has 0 aliphatic heterocycles. The van der Waals surface area contributed by atoms with Crippen LogP contribution in [-0.2, 0) is 28.7 Å². The molecular weight excluding hydrogens is 244 g/mol. The maximum atomic E-state index is 10.9. The lowest BCUT2D eigenvalue weighted by atomic mass is 10.3. The summed E-state index contributed by atoms with van der Waals surface area (Å²) in [6.45, 7) is 0. The second-order valence-electron chi connectivity index (χ2n) is 2.75. The van der Waals surface area contributed by atoms with Crippen molar-refractivity contribution >= 4 is 28.0 Å². The lowest BCUT2D eigenvalue weighted by molar-refractivity contribution is -0.142. The first-order valence-electron chi connectivity index (χ1n) is 4.11. The third-order valence-corrected chi connectivity index (χ3v) is 2.47. The van der Waals surface area contributed by atoms with E-state index in [0.29, 0.717) is 0 Å². The third kappa shape index (κ3) is 7.74. The van der Waals surface area contributed by atoms with Gasteiger partial charge in [0.1, 0.15) is 0 Å². The Hall–Kier alpha value is -1.64. The predicted molar refractivity (Wildman–Crippen MR) is 49.0 cm³/mol. The molecule has 0 saturated heterocycles. The normalized spacial score (nSPS) is 10.8. The van der Waals surface area contributed by atoms with Gasteiger partial charge in [-0.15, -0.1) is 0 Å². The zero-order chi connectivity index (χ0) is 12.8. The van der Waals surface area contributed by atoms with Gasteiger partial charge in [0.25, 0.3) is 0 Å². The zero-order valence-electron chi connectivity index (χ0n) is 8.08. The molecule has 0 heterocycles. The van der Waals surface area contributed by atoms with Crippen LogP contribution in [0.1, 0.15) is 19.3 Å². The molecule has 16 heavy (non-hydrogen) atoms. The van der Waals surface area contributed by atoms with Crippen molar-refractivity contribution in [2.75, 3.05) is 5.75 Å². The molecule has 92 valence electrons. The molecule has 0 aliphatic rings. The zero-order valence-corrected chi connectivity index (χ0v) is 8.90. The van der Waals surface area contributed by atoms with E-state index >= 15 is 0 Å². The summed E-state index contributed by atoms with van der Waals surface area (Å²) in [5.74, 6) is -4.65. The molecule has 9 heteroatoms. The maximum Gasteiger partial charge on any atom is 0.322 e. The van der Waals surface area contributed by atoms with Gasteiger partial charge in [-0.05, 0) is 0 Å². The quantitative estimate of drug-likeness (QED) is 0.563. The van der Waals surface area contributed by atoms with E-state index in [2.05, 4.69) is 4.18 Å². The summed E-state index contributed by atoms with van der Waals surface area (Å²) in [5, 5.41) is 16.4. The van der Waals surface area contributed by atoms with Crippen molar-refractivity contribution in [2.24, 2.45) is 0 Å². The minimum atomic E-state index is -4.25. The van der Waals surface area contributed by atoms with Crippen LogP contribution < -0.4 is 0 Å². The first-order chi connectivity index (χ1) is 7.23. The van der Waals surface area contributed by atoms with Crippen LogP contribution in [0.2, 0.25) is 0 Å². The van der Waals surface area contributed by atoms with Gasteiger partial charge in [0.2, 0.25) is 0 Å². The summed E-state index contributed by atoms with van der Waals surface area (Å²) in [6, 6.07) is 0. The molecule has 0 spiro atoms. The molecule has 0 aliphatic carbocycles. The number of carboxylic acid groups (broad SMARTS) is 2. The van der Waals surface area contributed by atoms with Crippen molar-refractivity contribution in [1.29, 1.82) is 0 Å². The van der Waals surface area contributed by atoms with Crippen LogP contribution in [0.4, 0.5) is 0 Å². The van der Waals surface area contributed by atoms with Crippen molar-refractivity contribution in [3.8, 4) is 0 Å².